The Labute approximate surface area is 160 Å². The highest BCUT2D eigenvalue weighted by atomic mass is 16.2. The summed E-state index contributed by atoms with van der Waals surface area (Å²) in [4.78, 5) is 23.3. The first kappa shape index (κ1) is 18.9. The van der Waals surface area contributed by atoms with Gasteiger partial charge >= 0.3 is 6.03 Å². The molecule has 3 heterocycles. The molecule has 0 aromatic carbocycles. The van der Waals surface area contributed by atoms with Crippen molar-refractivity contribution in [3.63, 3.8) is 0 Å². The van der Waals surface area contributed by atoms with E-state index in [1.165, 1.54) is 5.56 Å². The lowest BCUT2D eigenvalue weighted by molar-refractivity contribution is 0.185. The van der Waals surface area contributed by atoms with Crippen LogP contribution >= 0.6 is 0 Å². The number of aromatic nitrogens is 3. The van der Waals surface area contributed by atoms with Gasteiger partial charge in [-0.05, 0) is 36.6 Å². The van der Waals surface area contributed by atoms with Crippen LogP contribution in [0.5, 0.6) is 0 Å². The van der Waals surface area contributed by atoms with Gasteiger partial charge in [-0.1, -0.05) is 31.9 Å². The Kier molecular flexibility index (Phi) is 6.06. The van der Waals surface area contributed by atoms with E-state index in [9.17, 15) is 4.79 Å². The number of hydrogen-bond acceptors (Lipinski definition) is 3. The fraction of sp³-hybridized carbons (Fsp3) is 0.381. The molecule has 0 saturated heterocycles. The molecule has 3 aromatic rings. The van der Waals surface area contributed by atoms with Crippen LogP contribution in [0.3, 0.4) is 0 Å². The maximum Gasteiger partial charge on any atom is 0.317 e. The third-order valence-corrected chi connectivity index (χ3v) is 4.76. The zero-order chi connectivity index (χ0) is 19.2. The lowest BCUT2D eigenvalue weighted by Gasteiger charge is -2.28. The number of imidazole rings is 1. The molecule has 0 aliphatic rings. The van der Waals surface area contributed by atoms with Gasteiger partial charge in [-0.15, -0.1) is 0 Å². The van der Waals surface area contributed by atoms with E-state index in [0.717, 1.165) is 36.2 Å². The Hall–Kier alpha value is -2.89. The van der Waals surface area contributed by atoms with E-state index in [-0.39, 0.29) is 12.1 Å². The zero-order valence-corrected chi connectivity index (χ0v) is 16.2. The van der Waals surface area contributed by atoms with E-state index in [1.807, 2.05) is 61.2 Å². The van der Waals surface area contributed by atoms with Gasteiger partial charge in [-0.3, -0.25) is 4.98 Å². The van der Waals surface area contributed by atoms with E-state index in [1.54, 1.807) is 11.1 Å². The molecule has 0 radical (unpaired) electrons. The largest absolute Gasteiger partial charge is 0.332 e. The van der Waals surface area contributed by atoms with Crippen LogP contribution in [0.4, 0.5) is 4.79 Å². The van der Waals surface area contributed by atoms with E-state index >= 15 is 0 Å². The molecule has 1 atom stereocenters. The van der Waals surface area contributed by atoms with Crippen LogP contribution in [0.1, 0.15) is 49.0 Å². The molecule has 0 spiro atoms. The molecule has 0 saturated carbocycles. The second kappa shape index (κ2) is 8.66. The van der Waals surface area contributed by atoms with Gasteiger partial charge in [0.05, 0.1) is 18.3 Å². The Bertz CT molecular complexity index is 890. The van der Waals surface area contributed by atoms with Crippen molar-refractivity contribution in [3.05, 3.63) is 65.9 Å². The number of pyridine rings is 2. The second-order valence-corrected chi connectivity index (χ2v) is 6.92. The lowest BCUT2D eigenvalue weighted by atomic mass is 10.0. The first-order valence-corrected chi connectivity index (χ1v) is 9.43. The highest BCUT2D eigenvalue weighted by Crippen LogP contribution is 2.24. The number of aryl methyl sites for hydroxylation is 1. The van der Waals surface area contributed by atoms with E-state index in [0.29, 0.717) is 6.54 Å². The van der Waals surface area contributed by atoms with E-state index < -0.39 is 0 Å². The zero-order valence-electron chi connectivity index (χ0n) is 16.2. The van der Waals surface area contributed by atoms with Gasteiger partial charge in [0.15, 0.2) is 0 Å². The summed E-state index contributed by atoms with van der Waals surface area (Å²) >= 11 is 0. The Morgan fingerprint density at radius 1 is 1.30 bits per heavy atom. The second-order valence-electron chi connectivity index (χ2n) is 6.92. The molecule has 3 aromatic heterocycles. The number of nitrogens with one attached hydrogen (secondary N) is 1. The van der Waals surface area contributed by atoms with Gasteiger partial charge in [0.1, 0.15) is 5.65 Å². The van der Waals surface area contributed by atoms with E-state index in [2.05, 4.69) is 22.2 Å². The van der Waals surface area contributed by atoms with Crippen molar-refractivity contribution >= 4 is 11.7 Å². The van der Waals surface area contributed by atoms with Crippen LogP contribution in [0.15, 0.2) is 49.1 Å². The maximum absolute atomic E-state index is 12.7. The number of urea groups is 1. The minimum Gasteiger partial charge on any atom is -0.332 e. The standard InChI is InChI=1S/C21H27N5O/c1-4-5-8-19(17-7-6-11-22-12-17)25(3)21(27)23-13-18-15-26-14-16(2)9-10-20(26)24-18/h6-7,9-12,14-15,19H,4-5,8,13H2,1-3H3,(H,23,27)/t19-/m0/s1. The molecule has 1 N–H and O–H groups in total. The summed E-state index contributed by atoms with van der Waals surface area (Å²) in [6.45, 7) is 4.60. The third-order valence-electron chi connectivity index (χ3n) is 4.76. The van der Waals surface area contributed by atoms with Crippen molar-refractivity contribution in [2.45, 2.75) is 45.7 Å². The third kappa shape index (κ3) is 4.64. The molecule has 0 unspecified atom stereocenters. The normalized spacial score (nSPS) is 12.1. The average Bonchev–Trinajstić information content (AvgIpc) is 3.09. The maximum atomic E-state index is 12.7. The number of carbonyl (C=O) groups excluding carboxylic acids is 1. The SMILES string of the molecule is CCCC[C@@H](c1cccnc1)N(C)C(=O)NCc1cn2cc(C)ccc2n1. The number of rotatable bonds is 7. The molecular formula is C21H27N5O. The van der Waals surface area contributed by atoms with Crippen LogP contribution < -0.4 is 5.32 Å². The van der Waals surface area contributed by atoms with Gasteiger partial charge in [0, 0.05) is 31.8 Å². The van der Waals surface area contributed by atoms with Crippen LogP contribution in [-0.4, -0.2) is 32.3 Å². The van der Waals surface area contributed by atoms with Crippen molar-refractivity contribution in [1.29, 1.82) is 0 Å². The van der Waals surface area contributed by atoms with E-state index in [4.69, 9.17) is 0 Å². The van der Waals surface area contributed by atoms with Crippen LogP contribution in [-0.2, 0) is 6.54 Å². The number of unbranched alkanes of at least 4 members (excludes halogenated alkanes) is 1. The number of carbonyl (C=O) groups is 1. The van der Waals surface area contributed by atoms with Gasteiger partial charge in [0.2, 0.25) is 0 Å². The fourth-order valence-corrected chi connectivity index (χ4v) is 3.23. The van der Waals surface area contributed by atoms with Crippen LogP contribution in [0, 0.1) is 6.92 Å². The highest BCUT2D eigenvalue weighted by molar-refractivity contribution is 5.74. The molecule has 6 nitrogen and oxygen atoms in total. The van der Waals surface area contributed by atoms with Crippen molar-refractivity contribution in [2.75, 3.05) is 7.05 Å². The minimum absolute atomic E-state index is 0.0161. The molecule has 2 amide bonds. The van der Waals surface area contributed by atoms with Crippen molar-refractivity contribution < 1.29 is 4.79 Å². The average molecular weight is 365 g/mol. The molecule has 0 aliphatic carbocycles. The van der Waals surface area contributed by atoms with Crippen molar-refractivity contribution in [1.82, 2.24) is 24.6 Å². The summed E-state index contributed by atoms with van der Waals surface area (Å²) in [6.07, 6.45) is 10.6. The molecule has 0 aliphatic heterocycles. The Balaban J connectivity index is 1.67. The van der Waals surface area contributed by atoms with Crippen molar-refractivity contribution in [3.8, 4) is 0 Å². The lowest BCUT2D eigenvalue weighted by Crippen LogP contribution is -2.39. The van der Waals surface area contributed by atoms with Gasteiger partial charge in [0.25, 0.3) is 0 Å². The molecule has 0 bridgehead atoms. The minimum atomic E-state index is -0.104. The molecular weight excluding hydrogens is 338 g/mol. The van der Waals surface area contributed by atoms with Gasteiger partial charge in [-0.2, -0.15) is 0 Å². The summed E-state index contributed by atoms with van der Waals surface area (Å²) in [5.41, 5.74) is 3.96. The molecule has 0 fully saturated rings. The predicted octanol–water partition coefficient (Wildman–Crippen LogP) is 4.11. The summed E-state index contributed by atoms with van der Waals surface area (Å²) in [5, 5.41) is 2.99. The predicted molar refractivity (Wildman–Crippen MR) is 106 cm³/mol. The molecule has 27 heavy (non-hydrogen) atoms. The highest BCUT2D eigenvalue weighted by Gasteiger charge is 2.21. The molecule has 3 rings (SSSR count). The summed E-state index contributed by atoms with van der Waals surface area (Å²) in [5.74, 6) is 0. The number of hydrogen-bond donors (Lipinski definition) is 1. The quantitative estimate of drug-likeness (QED) is 0.685. The first-order chi connectivity index (χ1) is 13.1. The summed E-state index contributed by atoms with van der Waals surface area (Å²) in [6, 6.07) is 7.87. The van der Waals surface area contributed by atoms with Crippen LogP contribution in [0.25, 0.3) is 5.65 Å². The summed E-state index contributed by atoms with van der Waals surface area (Å²) in [7, 11) is 1.84. The van der Waals surface area contributed by atoms with Crippen LogP contribution in [0.2, 0.25) is 0 Å². The number of nitrogens with zero attached hydrogens (tertiary/aromatic N) is 4. The smallest absolute Gasteiger partial charge is 0.317 e. The summed E-state index contributed by atoms with van der Waals surface area (Å²) < 4.78 is 1.99. The van der Waals surface area contributed by atoms with Gasteiger partial charge in [-0.25, -0.2) is 9.78 Å². The topological polar surface area (TPSA) is 62.5 Å². The monoisotopic (exact) mass is 365 g/mol. The molecule has 142 valence electrons. The molecule has 6 heteroatoms. The van der Waals surface area contributed by atoms with Crippen molar-refractivity contribution in [2.24, 2.45) is 0 Å². The van der Waals surface area contributed by atoms with Gasteiger partial charge < -0.3 is 14.6 Å². The Morgan fingerprint density at radius 3 is 2.89 bits per heavy atom. The number of fused-ring (bicyclic) bond motifs is 1. The fourth-order valence-electron chi connectivity index (χ4n) is 3.23. The number of amides is 2. The first-order valence-electron chi connectivity index (χ1n) is 9.43. The Morgan fingerprint density at radius 2 is 2.15 bits per heavy atom.